The quantitative estimate of drug-likeness (QED) is 0.740. The fraction of sp³-hybridized carbons (Fsp3) is 0.643. The van der Waals surface area contributed by atoms with Crippen LogP contribution < -0.4 is 16.0 Å². The van der Waals surface area contributed by atoms with Gasteiger partial charge in [0.1, 0.15) is 17.5 Å². The Balaban J connectivity index is 2.67. The van der Waals surface area contributed by atoms with Crippen molar-refractivity contribution in [2.24, 2.45) is 0 Å². The maximum absolute atomic E-state index is 11.8. The number of hydrogen-bond donors (Lipinski definition) is 3. The number of carbonyl (C=O) groups excluding carboxylic acids is 1. The van der Waals surface area contributed by atoms with Crippen LogP contribution in [0, 0.1) is 0 Å². The first-order valence-corrected chi connectivity index (χ1v) is 7.00. The lowest BCUT2D eigenvalue weighted by Gasteiger charge is -2.20. The molecule has 0 radical (unpaired) electrons. The van der Waals surface area contributed by atoms with Crippen LogP contribution in [-0.2, 0) is 11.2 Å². The van der Waals surface area contributed by atoms with Crippen molar-refractivity contribution in [2.75, 3.05) is 23.7 Å². The molecule has 112 valence electrons. The minimum atomic E-state index is -0.228. The lowest BCUT2D eigenvalue weighted by atomic mass is 10.1. The number of nitrogens with zero attached hydrogens (tertiary/aromatic N) is 2. The first-order valence-electron chi connectivity index (χ1n) is 7.00. The molecular formula is C14H25N5O. The van der Waals surface area contributed by atoms with Gasteiger partial charge in [0, 0.05) is 24.6 Å². The van der Waals surface area contributed by atoms with Crippen LogP contribution in [0.15, 0.2) is 6.07 Å². The highest BCUT2D eigenvalue weighted by atomic mass is 16.2. The number of carbonyl (C=O) groups is 1. The smallest absolute Gasteiger partial charge is 0.239 e. The number of hydrogen-bond acceptors (Lipinski definition) is 5. The van der Waals surface area contributed by atoms with Crippen molar-refractivity contribution < 1.29 is 4.79 Å². The van der Waals surface area contributed by atoms with Crippen molar-refractivity contribution in [1.29, 1.82) is 0 Å². The fourth-order valence-electron chi connectivity index (χ4n) is 1.65. The van der Waals surface area contributed by atoms with Crippen LogP contribution in [0.2, 0.25) is 0 Å². The molecule has 0 saturated carbocycles. The lowest BCUT2D eigenvalue weighted by molar-refractivity contribution is -0.120. The molecule has 3 N–H and O–H groups in total. The van der Waals surface area contributed by atoms with E-state index in [0.29, 0.717) is 5.82 Å². The summed E-state index contributed by atoms with van der Waals surface area (Å²) in [6.45, 7) is 10.9. The third kappa shape index (κ3) is 5.86. The standard InChI is InChI=1S/C14H25N5O/c1-6-10-17-11(15-7-2)8-12(18-10)16-9-13(20)19-14(3,4)5/h8H,6-7,9H2,1-5H3,(H,19,20)(H2,15,16,17,18). The van der Waals surface area contributed by atoms with Gasteiger partial charge in [0.2, 0.25) is 5.91 Å². The van der Waals surface area contributed by atoms with Crippen LogP contribution in [0.4, 0.5) is 11.6 Å². The van der Waals surface area contributed by atoms with Crippen LogP contribution in [-0.4, -0.2) is 34.5 Å². The molecule has 0 aliphatic carbocycles. The monoisotopic (exact) mass is 279 g/mol. The molecule has 1 rings (SSSR count). The van der Waals surface area contributed by atoms with Gasteiger partial charge >= 0.3 is 0 Å². The second-order valence-corrected chi connectivity index (χ2v) is 5.59. The van der Waals surface area contributed by atoms with Crippen molar-refractivity contribution in [1.82, 2.24) is 15.3 Å². The zero-order chi connectivity index (χ0) is 15.2. The average molecular weight is 279 g/mol. The number of anilines is 2. The molecule has 0 fully saturated rings. The molecule has 1 heterocycles. The van der Waals surface area contributed by atoms with E-state index in [1.807, 2.05) is 40.7 Å². The summed E-state index contributed by atoms with van der Waals surface area (Å²) in [6, 6.07) is 1.81. The second kappa shape index (κ2) is 7.07. The van der Waals surface area contributed by atoms with Gasteiger partial charge in [-0.3, -0.25) is 4.79 Å². The maximum atomic E-state index is 11.8. The molecule has 0 atom stereocenters. The molecule has 0 spiro atoms. The molecule has 0 aromatic carbocycles. The molecule has 0 saturated heterocycles. The molecule has 0 bridgehead atoms. The summed E-state index contributed by atoms with van der Waals surface area (Å²) in [5, 5.41) is 9.09. The normalized spacial score (nSPS) is 11.1. The molecule has 6 heteroatoms. The summed E-state index contributed by atoms with van der Waals surface area (Å²) in [7, 11) is 0. The van der Waals surface area contributed by atoms with Gasteiger partial charge in [-0.2, -0.15) is 0 Å². The summed E-state index contributed by atoms with van der Waals surface area (Å²) >= 11 is 0. The van der Waals surface area contributed by atoms with Gasteiger partial charge < -0.3 is 16.0 Å². The van der Waals surface area contributed by atoms with E-state index in [9.17, 15) is 4.79 Å². The van der Waals surface area contributed by atoms with Crippen LogP contribution >= 0.6 is 0 Å². The molecule has 0 aliphatic rings. The highest BCUT2D eigenvalue weighted by Crippen LogP contribution is 2.11. The molecule has 0 aliphatic heterocycles. The highest BCUT2D eigenvalue weighted by Gasteiger charge is 2.13. The van der Waals surface area contributed by atoms with Gasteiger partial charge in [0.15, 0.2) is 0 Å². The van der Waals surface area contributed by atoms with E-state index >= 15 is 0 Å². The van der Waals surface area contributed by atoms with Gasteiger partial charge in [-0.25, -0.2) is 9.97 Å². The van der Waals surface area contributed by atoms with E-state index in [1.54, 1.807) is 0 Å². The Morgan fingerprint density at radius 1 is 1.15 bits per heavy atom. The number of aryl methyl sites for hydroxylation is 1. The van der Waals surface area contributed by atoms with Crippen molar-refractivity contribution in [3.8, 4) is 0 Å². The van der Waals surface area contributed by atoms with Crippen LogP contribution in [0.3, 0.4) is 0 Å². The van der Waals surface area contributed by atoms with Crippen molar-refractivity contribution in [3.05, 3.63) is 11.9 Å². The van der Waals surface area contributed by atoms with E-state index in [0.717, 1.165) is 24.6 Å². The Bertz CT molecular complexity index is 453. The van der Waals surface area contributed by atoms with Crippen molar-refractivity contribution >= 4 is 17.5 Å². The molecular weight excluding hydrogens is 254 g/mol. The predicted octanol–water partition coefficient (Wildman–Crippen LogP) is 1.80. The SMILES string of the molecule is CCNc1cc(NCC(=O)NC(C)(C)C)nc(CC)n1. The summed E-state index contributed by atoms with van der Waals surface area (Å²) in [5.41, 5.74) is -0.228. The third-order valence-corrected chi connectivity index (χ3v) is 2.39. The zero-order valence-corrected chi connectivity index (χ0v) is 13.0. The average Bonchev–Trinajstić information content (AvgIpc) is 2.34. The summed E-state index contributed by atoms with van der Waals surface area (Å²) < 4.78 is 0. The number of aromatic nitrogens is 2. The zero-order valence-electron chi connectivity index (χ0n) is 13.0. The topological polar surface area (TPSA) is 78.9 Å². The maximum Gasteiger partial charge on any atom is 0.239 e. The Labute approximate surface area is 120 Å². The molecule has 0 unspecified atom stereocenters. The second-order valence-electron chi connectivity index (χ2n) is 5.59. The Morgan fingerprint density at radius 3 is 2.25 bits per heavy atom. The van der Waals surface area contributed by atoms with Crippen LogP contribution in [0.25, 0.3) is 0 Å². The predicted molar refractivity (Wildman–Crippen MR) is 82.0 cm³/mol. The summed E-state index contributed by atoms with van der Waals surface area (Å²) in [6.07, 6.45) is 0.752. The van der Waals surface area contributed by atoms with E-state index in [1.165, 1.54) is 0 Å². The highest BCUT2D eigenvalue weighted by molar-refractivity contribution is 5.81. The van der Waals surface area contributed by atoms with Gasteiger partial charge in [-0.15, -0.1) is 0 Å². The molecule has 6 nitrogen and oxygen atoms in total. The van der Waals surface area contributed by atoms with E-state index < -0.39 is 0 Å². The van der Waals surface area contributed by atoms with Gasteiger partial charge in [-0.1, -0.05) is 6.92 Å². The number of amides is 1. The van der Waals surface area contributed by atoms with E-state index in [-0.39, 0.29) is 18.0 Å². The van der Waals surface area contributed by atoms with Crippen molar-refractivity contribution in [2.45, 2.75) is 46.6 Å². The fourth-order valence-corrected chi connectivity index (χ4v) is 1.65. The Kier molecular flexibility index (Phi) is 5.73. The van der Waals surface area contributed by atoms with Crippen molar-refractivity contribution in [3.63, 3.8) is 0 Å². The molecule has 1 aromatic heterocycles. The van der Waals surface area contributed by atoms with Gasteiger partial charge in [0.25, 0.3) is 0 Å². The van der Waals surface area contributed by atoms with Crippen LogP contribution in [0.5, 0.6) is 0 Å². The van der Waals surface area contributed by atoms with Crippen LogP contribution in [0.1, 0.15) is 40.4 Å². The largest absolute Gasteiger partial charge is 0.370 e. The summed E-state index contributed by atoms with van der Waals surface area (Å²) in [4.78, 5) is 20.5. The summed E-state index contributed by atoms with van der Waals surface area (Å²) in [5.74, 6) is 2.14. The first-order chi connectivity index (χ1) is 9.34. The first kappa shape index (κ1) is 16.2. The Hall–Kier alpha value is -1.85. The minimum Gasteiger partial charge on any atom is -0.370 e. The lowest BCUT2D eigenvalue weighted by Crippen LogP contribution is -2.43. The molecule has 1 aromatic rings. The minimum absolute atomic E-state index is 0.0563. The van der Waals surface area contributed by atoms with E-state index in [4.69, 9.17) is 0 Å². The third-order valence-electron chi connectivity index (χ3n) is 2.39. The molecule has 1 amide bonds. The Morgan fingerprint density at radius 2 is 1.75 bits per heavy atom. The number of rotatable bonds is 6. The number of nitrogens with one attached hydrogen (secondary N) is 3. The van der Waals surface area contributed by atoms with Gasteiger partial charge in [-0.05, 0) is 27.7 Å². The molecule has 20 heavy (non-hydrogen) atoms. The van der Waals surface area contributed by atoms with E-state index in [2.05, 4.69) is 25.9 Å². The van der Waals surface area contributed by atoms with Gasteiger partial charge in [0.05, 0.1) is 6.54 Å².